The fraction of sp³-hybridized carbons (Fsp3) is 0.379. The summed E-state index contributed by atoms with van der Waals surface area (Å²) in [5.41, 5.74) is 3.59. The molecule has 0 bridgehead atoms. The van der Waals surface area contributed by atoms with E-state index in [9.17, 15) is 4.79 Å². The van der Waals surface area contributed by atoms with Crippen LogP contribution in [0.15, 0.2) is 54.7 Å². The third-order valence-corrected chi connectivity index (χ3v) is 8.00. The van der Waals surface area contributed by atoms with Gasteiger partial charge in [0.25, 0.3) is 0 Å². The number of morpholine rings is 1. The Morgan fingerprint density at radius 3 is 2.50 bits per heavy atom. The molecule has 2 fully saturated rings. The first-order valence-corrected chi connectivity index (χ1v) is 14.1. The SMILES string of the molecule is CNC(=O)Nc1ccc(-c2nc(N3CCOCC3)c3cnn(C4CCN(Cc5ccccc5Cl)CC4)c3n2)cc1. The number of halogens is 1. The molecule has 40 heavy (non-hydrogen) atoms. The summed E-state index contributed by atoms with van der Waals surface area (Å²) in [5.74, 6) is 1.52. The number of benzene rings is 2. The zero-order valence-electron chi connectivity index (χ0n) is 22.5. The van der Waals surface area contributed by atoms with Gasteiger partial charge in [-0.15, -0.1) is 0 Å². The number of carbonyl (C=O) groups excluding carboxylic acids is 1. The maximum Gasteiger partial charge on any atom is 0.318 e. The van der Waals surface area contributed by atoms with Crippen molar-refractivity contribution in [1.82, 2.24) is 30.0 Å². The number of likely N-dealkylation sites (tertiary alicyclic amines) is 1. The normalized spacial score (nSPS) is 16.8. The molecule has 2 amide bonds. The topological polar surface area (TPSA) is 100 Å². The van der Waals surface area contributed by atoms with Gasteiger partial charge in [-0.05, 0) is 48.7 Å². The van der Waals surface area contributed by atoms with E-state index in [-0.39, 0.29) is 12.1 Å². The van der Waals surface area contributed by atoms with Crippen LogP contribution in [0.5, 0.6) is 0 Å². The quantitative estimate of drug-likeness (QED) is 0.356. The maximum atomic E-state index is 11.7. The van der Waals surface area contributed by atoms with Crippen LogP contribution >= 0.6 is 11.6 Å². The van der Waals surface area contributed by atoms with Gasteiger partial charge in [0.15, 0.2) is 11.5 Å². The number of piperidine rings is 1. The largest absolute Gasteiger partial charge is 0.378 e. The van der Waals surface area contributed by atoms with Crippen molar-refractivity contribution in [1.29, 1.82) is 0 Å². The number of nitrogens with zero attached hydrogens (tertiary/aromatic N) is 6. The van der Waals surface area contributed by atoms with E-state index in [1.807, 2.05) is 48.7 Å². The lowest BCUT2D eigenvalue weighted by molar-refractivity contribution is 0.122. The summed E-state index contributed by atoms with van der Waals surface area (Å²) in [6, 6.07) is 15.6. The van der Waals surface area contributed by atoms with Gasteiger partial charge in [0.1, 0.15) is 5.82 Å². The summed E-state index contributed by atoms with van der Waals surface area (Å²) in [7, 11) is 1.59. The Kier molecular flexibility index (Phi) is 7.81. The standard InChI is InChI=1S/C29H33ClN8O2/c1-31-29(39)33-22-8-6-20(7-9-22)26-34-27(37-14-16-40-17-15-37)24-18-32-38(28(24)35-26)23-10-12-36(13-11-23)19-21-4-2-3-5-25(21)30/h2-9,18,23H,10-17,19H2,1H3,(H2,31,33,39). The number of ether oxygens (including phenoxy) is 1. The van der Waals surface area contributed by atoms with E-state index < -0.39 is 0 Å². The first kappa shape index (κ1) is 26.5. The van der Waals surface area contributed by atoms with Crippen LogP contribution < -0.4 is 15.5 Å². The molecular formula is C29H33ClN8O2. The maximum absolute atomic E-state index is 11.7. The van der Waals surface area contributed by atoms with Crippen molar-refractivity contribution in [3.63, 3.8) is 0 Å². The lowest BCUT2D eigenvalue weighted by Gasteiger charge is -2.32. The number of nitrogens with one attached hydrogen (secondary N) is 2. The van der Waals surface area contributed by atoms with Gasteiger partial charge in [-0.25, -0.2) is 19.4 Å². The molecule has 208 valence electrons. The summed E-state index contributed by atoms with van der Waals surface area (Å²) in [6.45, 7) is 5.65. The van der Waals surface area contributed by atoms with Crippen molar-refractivity contribution < 1.29 is 9.53 Å². The van der Waals surface area contributed by atoms with E-state index in [1.54, 1.807) is 7.05 Å². The molecule has 0 radical (unpaired) electrons. The van der Waals surface area contributed by atoms with E-state index >= 15 is 0 Å². The molecule has 0 spiro atoms. The van der Waals surface area contributed by atoms with E-state index in [0.717, 1.165) is 78.6 Å². The Labute approximate surface area is 238 Å². The van der Waals surface area contributed by atoms with Gasteiger partial charge in [-0.3, -0.25) is 4.90 Å². The van der Waals surface area contributed by atoms with Crippen LogP contribution in [0.1, 0.15) is 24.4 Å². The molecule has 2 saturated heterocycles. The van der Waals surface area contributed by atoms with Gasteiger partial charge in [-0.2, -0.15) is 5.10 Å². The van der Waals surface area contributed by atoms with Crippen molar-refractivity contribution in [2.24, 2.45) is 0 Å². The third kappa shape index (κ3) is 5.60. The lowest BCUT2D eigenvalue weighted by Crippen LogP contribution is -2.37. The molecule has 2 aromatic heterocycles. The molecule has 2 aromatic carbocycles. The van der Waals surface area contributed by atoms with Gasteiger partial charge in [-0.1, -0.05) is 29.8 Å². The average molecular weight is 561 g/mol. The van der Waals surface area contributed by atoms with Gasteiger partial charge in [0.05, 0.1) is 30.8 Å². The fourth-order valence-corrected chi connectivity index (χ4v) is 5.60. The Hall–Kier alpha value is -3.73. The van der Waals surface area contributed by atoms with Gasteiger partial charge in [0.2, 0.25) is 0 Å². The molecule has 2 aliphatic rings. The molecule has 0 atom stereocenters. The number of urea groups is 1. The summed E-state index contributed by atoms with van der Waals surface area (Å²) in [4.78, 5) is 26.5. The molecular weight excluding hydrogens is 528 g/mol. The van der Waals surface area contributed by atoms with Crippen LogP contribution in [0.25, 0.3) is 22.4 Å². The van der Waals surface area contributed by atoms with Crippen molar-refractivity contribution in [3.8, 4) is 11.4 Å². The second kappa shape index (κ2) is 11.8. The van der Waals surface area contributed by atoms with E-state index in [0.29, 0.717) is 24.7 Å². The first-order chi connectivity index (χ1) is 19.6. The van der Waals surface area contributed by atoms with Crippen LogP contribution in [0.2, 0.25) is 5.02 Å². The second-order valence-electron chi connectivity index (χ2n) is 10.2. The van der Waals surface area contributed by atoms with Crippen molar-refractivity contribution in [2.45, 2.75) is 25.4 Å². The number of rotatable bonds is 6. The van der Waals surface area contributed by atoms with Gasteiger partial charge in [0, 0.05) is 56.0 Å². The minimum atomic E-state index is -0.262. The number of fused-ring (bicyclic) bond motifs is 1. The summed E-state index contributed by atoms with van der Waals surface area (Å²) < 4.78 is 7.70. The highest BCUT2D eigenvalue weighted by molar-refractivity contribution is 6.31. The fourth-order valence-electron chi connectivity index (χ4n) is 5.41. The van der Waals surface area contributed by atoms with E-state index in [1.165, 1.54) is 0 Å². The molecule has 0 saturated carbocycles. The minimum Gasteiger partial charge on any atom is -0.378 e. The number of anilines is 2. The number of amides is 2. The van der Waals surface area contributed by atoms with Gasteiger partial charge >= 0.3 is 6.03 Å². The van der Waals surface area contributed by atoms with E-state index in [4.69, 9.17) is 31.4 Å². The molecule has 10 nitrogen and oxygen atoms in total. The predicted octanol–water partition coefficient (Wildman–Crippen LogP) is 4.57. The number of carbonyl (C=O) groups is 1. The lowest BCUT2D eigenvalue weighted by atomic mass is 10.0. The zero-order valence-corrected chi connectivity index (χ0v) is 23.3. The second-order valence-corrected chi connectivity index (χ2v) is 10.6. The van der Waals surface area contributed by atoms with Crippen molar-refractivity contribution >= 4 is 40.2 Å². The molecule has 0 unspecified atom stereocenters. The average Bonchev–Trinajstić information content (AvgIpc) is 3.43. The molecule has 0 aliphatic carbocycles. The van der Waals surface area contributed by atoms with Crippen LogP contribution in [0.4, 0.5) is 16.3 Å². The summed E-state index contributed by atoms with van der Waals surface area (Å²) in [5, 5.41) is 12.0. The highest BCUT2D eigenvalue weighted by Gasteiger charge is 2.26. The monoisotopic (exact) mass is 560 g/mol. The van der Waals surface area contributed by atoms with Crippen LogP contribution in [0.3, 0.4) is 0 Å². The molecule has 6 rings (SSSR count). The summed E-state index contributed by atoms with van der Waals surface area (Å²) >= 11 is 6.41. The van der Waals surface area contributed by atoms with Crippen LogP contribution in [0, 0.1) is 0 Å². The Bertz CT molecular complexity index is 1480. The predicted molar refractivity (Wildman–Crippen MR) is 157 cm³/mol. The molecule has 4 heterocycles. The van der Waals surface area contributed by atoms with Crippen LogP contribution in [-0.4, -0.2) is 77.1 Å². The van der Waals surface area contributed by atoms with Gasteiger partial charge < -0.3 is 20.3 Å². The van der Waals surface area contributed by atoms with Crippen LogP contribution in [-0.2, 0) is 11.3 Å². The smallest absolute Gasteiger partial charge is 0.318 e. The first-order valence-electron chi connectivity index (χ1n) is 13.7. The Morgan fingerprint density at radius 2 is 1.77 bits per heavy atom. The Balaban J connectivity index is 1.28. The van der Waals surface area contributed by atoms with E-state index in [2.05, 4.69) is 31.2 Å². The van der Waals surface area contributed by atoms with Crippen molar-refractivity contribution in [3.05, 3.63) is 65.3 Å². The molecule has 11 heteroatoms. The highest BCUT2D eigenvalue weighted by atomic mass is 35.5. The summed E-state index contributed by atoms with van der Waals surface area (Å²) in [6.07, 6.45) is 3.87. The molecule has 4 aromatic rings. The number of hydrogen-bond donors (Lipinski definition) is 2. The third-order valence-electron chi connectivity index (χ3n) is 7.63. The van der Waals surface area contributed by atoms with Crippen molar-refractivity contribution in [2.75, 3.05) is 56.7 Å². The molecule has 2 aliphatic heterocycles. The number of aromatic nitrogens is 4. The zero-order chi connectivity index (χ0) is 27.5. The highest BCUT2D eigenvalue weighted by Crippen LogP contribution is 2.33. The number of hydrogen-bond acceptors (Lipinski definition) is 7. The molecule has 2 N–H and O–H groups in total. The minimum absolute atomic E-state index is 0.249. The Morgan fingerprint density at radius 1 is 1.02 bits per heavy atom.